The highest BCUT2D eigenvalue weighted by molar-refractivity contribution is 6.01. The molecule has 3 rings (SSSR count). The predicted octanol–water partition coefficient (Wildman–Crippen LogP) is 2.72. The zero-order valence-corrected chi connectivity index (χ0v) is 10.5. The highest BCUT2D eigenvalue weighted by Crippen LogP contribution is 2.39. The monoisotopic (exact) mass is 298 g/mol. The zero-order valence-electron chi connectivity index (χ0n) is 10.5. The van der Waals surface area contributed by atoms with Crippen LogP contribution in [0, 0.1) is 0 Å². The highest BCUT2D eigenvalue weighted by Gasteiger charge is 2.60. The molecule has 2 heterocycles. The smallest absolute Gasteiger partial charge is 0.364 e. The quantitative estimate of drug-likeness (QED) is 0.925. The first kappa shape index (κ1) is 13.6. The van der Waals surface area contributed by atoms with E-state index in [-0.39, 0.29) is 5.71 Å². The van der Waals surface area contributed by atoms with Gasteiger partial charge in [0.2, 0.25) is 0 Å². The summed E-state index contributed by atoms with van der Waals surface area (Å²) in [4.78, 5) is 4.17. The first-order valence-corrected chi connectivity index (χ1v) is 5.93. The summed E-state index contributed by atoms with van der Waals surface area (Å²) >= 11 is 0. The molecular formula is C13H9F3N2O3. The van der Waals surface area contributed by atoms with Crippen LogP contribution in [0.15, 0.2) is 46.4 Å². The number of hydrogen-bond acceptors (Lipinski definition) is 5. The number of rotatable bonds is 2. The van der Waals surface area contributed by atoms with Crippen LogP contribution >= 0.6 is 0 Å². The van der Waals surface area contributed by atoms with E-state index in [1.165, 1.54) is 12.5 Å². The van der Waals surface area contributed by atoms with Gasteiger partial charge in [0.15, 0.2) is 0 Å². The number of halogens is 3. The Balaban J connectivity index is 1.80. The first-order valence-electron chi connectivity index (χ1n) is 5.93. The summed E-state index contributed by atoms with van der Waals surface area (Å²) in [5, 5.41) is 16.3. The van der Waals surface area contributed by atoms with Crippen molar-refractivity contribution in [2.75, 3.05) is 0 Å². The second kappa shape index (κ2) is 4.59. The summed E-state index contributed by atoms with van der Waals surface area (Å²) in [5.74, 6) is -3.25. The number of nitrogens with zero attached hydrogens (tertiary/aromatic N) is 2. The molecule has 1 aromatic heterocycles. The van der Waals surface area contributed by atoms with Gasteiger partial charge >= 0.3 is 12.0 Å². The summed E-state index contributed by atoms with van der Waals surface area (Å²) in [6.07, 6.45) is -2.68. The fourth-order valence-electron chi connectivity index (χ4n) is 1.93. The maximum absolute atomic E-state index is 12.6. The van der Waals surface area contributed by atoms with Gasteiger partial charge in [-0.1, -0.05) is 34.6 Å². The summed E-state index contributed by atoms with van der Waals surface area (Å²) < 4.78 is 42.6. The Kier molecular flexibility index (Phi) is 2.98. The fourth-order valence-corrected chi connectivity index (χ4v) is 1.93. The number of aliphatic hydroxyl groups is 1. The van der Waals surface area contributed by atoms with E-state index in [2.05, 4.69) is 15.1 Å². The van der Waals surface area contributed by atoms with Crippen LogP contribution in [0.25, 0.3) is 11.1 Å². The minimum atomic E-state index is -4.90. The van der Waals surface area contributed by atoms with Crippen LogP contribution in [0.2, 0.25) is 0 Å². The summed E-state index contributed by atoms with van der Waals surface area (Å²) in [6, 6.07) is 6.56. The van der Waals surface area contributed by atoms with Gasteiger partial charge in [-0.25, -0.2) is 0 Å². The van der Waals surface area contributed by atoms with E-state index < -0.39 is 18.4 Å². The van der Waals surface area contributed by atoms with Crippen molar-refractivity contribution in [3.63, 3.8) is 0 Å². The van der Waals surface area contributed by atoms with Gasteiger partial charge in [-0.2, -0.15) is 13.2 Å². The minimum Gasteiger partial charge on any atom is -0.364 e. The second-order valence-electron chi connectivity index (χ2n) is 4.58. The lowest BCUT2D eigenvalue weighted by Crippen LogP contribution is -2.45. The number of aromatic nitrogens is 1. The Morgan fingerprint density at radius 1 is 1.10 bits per heavy atom. The van der Waals surface area contributed by atoms with Crippen molar-refractivity contribution in [3.8, 4) is 11.1 Å². The van der Waals surface area contributed by atoms with E-state index in [1.54, 1.807) is 24.3 Å². The van der Waals surface area contributed by atoms with E-state index >= 15 is 0 Å². The molecule has 110 valence electrons. The van der Waals surface area contributed by atoms with Crippen LogP contribution in [0.5, 0.6) is 0 Å². The second-order valence-corrected chi connectivity index (χ2v) is 4.58. The highest BCUT2D eigenvalue weighted by atomic mass is 19.4. The van der Waals surface area contributed by atoms with Crippen molar-refractivity contribution in [3.05, 3.63) is 42.3 Å². The fraction of sp³-hybridized carbons (Fsp3) is 0.231. The third kappa shape index (κ3) is 2.38. The summed E-state index contributed by atoms with van der Waals surface area (Å²) in [7, 11) is 0. The predicted molar refractivity (Wildman–Crippen MR) is 65.2 cm³/mol. The molecule has 0 amide bonds. The van der Waals surface area contributed by atoms with Crippen molar-refractivity contribution >= 4 is 5.71 Å². The van der Waals surface area contributed by atoms with Gasteiger partial charge in [0.25, 0.3) is 0 Å². The number of hydrogen-bond donors (Lipinski definition) is 1. The molecule has 1 aliphatic rings. The molecule has 1 N–H and O–H groups in total. The maximum Gasteiger partial charge on any atom is 0.458 e. The summed E-state index contributed by atoms with van der Waals surface area (Å²) in [5.41, 5.74) is 2.02. The zero-order chi connectivity index (χ0) is 15.1. The van der Waals surface area contributed by atoms with E-state index in [9.17, 15) is 18.3 Å². The van der Waals surface area contributed by atoms with E-state index in [0.717, 1.165) is 11.1 Å². The third-order valence-corrected chi connectivity index (χ3v) is 3.14. The standard InChI is InChI=1S/C13H9F3N2O3/c14-13(15,16)12(19)5-11(18-21-12)9-3-1-8(2-4-9)10-6-17-20-7-10/h1-4,6-7,19H,5H2. The first-order chi connectivity index (χ1) is 9.89. The average Bonchev–Trinajstić information content (AvgIpc) is 3.08. The van der Waals surface area contributed by atoms with Crippen molar-refractivity contribution in [1.29, 1.82) is 0 Å². The Morgan fingerprint density at radius 3 is 2.29 bits per heavy atom. The molecule has 8 heteroatoms. The Hall–Kier alpha value is -2.35. The van der Waals surface area contributed by atoms with Crippen LogP contribution in [-0.2, 0) is 4.84 Å². The maximum atomic E-state index is 12.6. The van der Waals surface area contributed by atoms with Gasteiger partial charge in [-0.15, -0.1) is 0 Å². The van der Waals surface area contributed by atoms with Crippen molar-refractivity contribution in [1.82, 2.24) is 5.16 Å². The van der Waals surface area contributed by atoms with E-state index in [1.807, 2.05) is 0 Å². The van der Waals surface area contributed by atoms with Crippen LogP contribution in [0.1, 0.15) is 12.0 Å². The average molecular weight is 298 g/mol. The molecule has 1 unspecified atom stereocenters. The molecular weight excluding hydrogens is 289 g/mol. The molecule has 1 atom stereocenters. The molecule has 0 spiro atoms. The third-order valence-electron chi connectivity index (χ3n) is 3.14. The molecule has 1 aromatic carbocycles. The lowest BCUT2D eigenvalue weighted by Gasteiger charge is -2.22. The van der Waals surface area contributed by atoms with Gasteiger partial charge in [0.1, 0.15) is 6.26 Å². The minimum absolute atomic E-state index is 0.0340. The van der Waals surface area contributed by atoms with Crippen molar-refractivity contribution in [2.45, 2.75) is 18.4 Å². The molecule has 0 saturated heterocycles. The molecule has 0 fully saturated rings. The van der Waals surface area contributed by atoms with Gasteiger partial charge in [0.05, 0.1) is 18.3 Å². The van der Waals surface area contributed by atoms with Gasteiger partial charge < -0.3 is 14.5 Å². The molecule has 0 radical (unpaired) electrons. The molecule has 21 heavy (non-hydrogen) atoms. The molecule has 0 bridgehead atoms. The SMILES string of the molecule is OC1(C(F)(F)F)CC(c2ccc(-c3cnoc3)cc2)=NO1. The Morgan fingerprint density at radius 2 is 1.76 bits per heavy atom. The molecule has 0 saturated carbocycles. The normalized spacial score (nSPS) is 22.0. The molecule has 1 aliphatic heterocycles. The molecule has 0 aliphatic carbocycles. The van der Waals surface area contributed by atoms with Crippen LogP contribution < -0.4 is 0 Å². The Labute approximate surface area is 116 Å². The van der Waals surface area contributed by atoms with E-state index in [4.69, 9.17) is 4.52 Å². The molecule has 2 aromatic rings. The number of benzene rings is 1. The van der Waals surface area contributed by atoms with Crippen LogP contribution in [-0.4, -0.2) is 27.9 Å². The van der Waals surface area contributed by atoms with Crippen molar-refractivity contribution < 1.29 is 27.6 Å². The number of alkyl halides is 3. The van der Waals surface area contributed by atoms with E-state index in [0.29, 0.717) is 5.56 Å². The largest absolute Gasteiger partial charge is 0.458 e. The van der Waals surface area contributed by atoms with Crippen molar-refractivity contribution in [2.24, 2.45) is 5.16 Å². The number of oxime groups is 1. The molecule has 5 nitrogen and oxygen atoms in total. The lowest BCUT2D eigenvalue weighted by atomic mass is 10.0. The Bertz CT molecular complexity index is 665. The lowest BCUT2D eigenvalue weighted by molar-refractivity contribution is -0.355. The summed E-state index contributed by atoms with van der Waals surface area (Å²) in [6.45, 7) is 0. The topological polar surface area (TPSA) is 67.9 Å². The van der Waals surface area contributed by atoms with Crippen LogP contribution in [0.4, 0.5) is 13.2 Å². The van der Waals surface area contributed by atoms with Gasteiger partial charge in [-0.05, 0) is 11.1 Å². The van der Waals surface area contributed by atoms with Crippen LogP contribution in [0.3, 0.4) is 0 Å². The van der Waals surface area contributed by atoms with Gasteiger partial charge in [-0.3, -0.25) is 0 Å². The van der Waals surface area contributed by atoms with Gasteiger partial charge in [0, 0.05) is 5.56 Å².